The molecule has 0 aliphatic carbocycles. The molecule has 1 atom stereocenters. The molecule has 2 rings (SSSR count). The third-order valence-corrected chi connectivity index (χ3v) is 3.33. The lowest BCUT2D eigenvalue weighted by atomic mass is 10.0. The van der Waals surface area contributed by atoms with E-state index >= 15 is 0 Å². The first kappa shape index (κ1) is 13.3. The quantitative estimate of drug-likeness (QED) is 0.825. The highest BCUT2D eigenvalue weighted by atomic mass is 35.5. The molecule has 1 fully saturated rings. The zero-order chi connectivity index (χ0) is 12.8. The van der Waals surface area contributed by atoms with Gasteiger partial charge in [-0.15, -0.1) is 0 Å². The Kier molecular flexibility index (Phi) is 4.96. The highest BCUT2D eigenvalue weighted by Gasteiger charge is 2.14. The van der Waals surface area contributed by atoms with Crippen molar-refractivity contribution in [2.45, 2.75) is 38.1 Å². The van der Waals surface area contributed by atoms with E-state index in [1.807, 2.05) is 0 Å². The summed E-state index contributed by atoms with van der Waals surface area (Å²) < 4.78 is 0. The van der Waals surface area contributed by atoms with Gasteiger partial charge in [-0.1, -0.05) is 24.1 Å². The molecule has 1 aliphatic rings. The molecule has 0 bridgehead atoms. The van der Waals surface area contributed by atoms with Crippen molar-refractivity contribution in [3.05, 3.63) is 23.4 Å². The number of pyridine rings is 1. The van der Waals surface area contributed by atoms with Gasteiger partial charge in [0.15, 0.2) is 0 Å². The molecule has 1 aliphatic heterocycles. The lowest BCUT2D eigenvalue weighted by molar-refractivity contribution is -0.116. The zero-order valence-corrected chi connectivity index (χ0v) is 11.0. The van der Waals surface area contributed by atoms with Crippen LogP contribution >= 0.6 is 11.6 Å². The summed E-state index contributed by atoms with van der Waals surface area (Å²) in [5.41, 5.74) is 0. The van der Waals surface area contributed by atoms with Gasteiger partial charge in [-0.2, -0.15) is 0 Å². The lowest BCUT2D eigenvalue weighted by Gasteiger charge is -2.22. The molecule has 5 heteroatoms. The van der Waals surface area contributed by atoms with Crippen molar-refractivity contribution in [3.8, 4) is 0 Å². The Morgan fingerprint density at radius 1 is 1.50 bits per heavy atom. The summed E-state index contributed by atoms with van der Waals surface area (Å²) in [5.74, 6) is 0.515. The Morgan fingerprint density at radius 3 is 3.11 bits per heavy atom. The van der Waals surface area contributed by atoms with E-state index in [-0.39, 0.29) is 5.91 Å². The van der Waals surface area contributed by atoms with Gasteiger partial charge in [-0.3, -0.25) is 4.79 Å². The minimum absolute atomic E-state index is 0.00265. The number of halogens is 1. The third-order valence-electron chi connectivity index (χ3n) is 3.11. The van der Waals surface area contributed by atoms with Gasteiger partial charge < -0.3 is 10.6 Å². The average molecular weight is 268 g/mol. The topological polar surface area (TPSA) is 54.0 Å². The molecule has 2 N–H and O–H groups in total. The van der Waals surface area contributed by atoms with Crippen LogP contribution in [0.1, 0.15) is 32.1 Å². The summed E-state index contributed by atoms with van der Waals surface area (Å²) in [6.45, 7) is 1.07. The van der Waals surface area contributed by atoms with Gasteiger partial charge in [-0.05, 0) is 37.9 Å². The molecule has 98 valence electrons. The highest BCUT2D eigenvalue weighted by molar-refractivity contribution is 6.29. The van der Waals surface area contributed by atoms with Crippen LogP contribution in [0.3, 0.4) is 0 Å². The Hall–Kier alpha value is -1.13. The summed E-state index contributed by atoms with van der Waals surface area (Å²) in [7, 11) is 0. The average Bonchev–Trinajstić information content (AvgIpc) is 2.38. The van der Waals surface area contributed by atoms with Gasteiger partial charge in [0.05, 0.1) is 0 Å². The van der Waals surface area contributed by atoms with Crippen LogP contribution in [0.2, 0.25) is 5.15 Å². The predicted octanol–water partition coefficient (Wildman–Crippen LogP) is 2.60. The van der Waals surface area contributed by atoms with Crippen LogP contribution < -0.4 is 10.6 Å². The van der Waals surface area contributed by atoms with E-state index in [9.17, 15) is 4.79 Å². The van der Waals surface area contributed by atoms with Gasteiger partial charge in [-0.25, -0.2) is 4.98 Å². The number of aromatic nitrogens is 1. The number of rotatable bonds is 4. The first-order valence-electron chi connectivity index (χ1n) is 6.40. The highest BCUT2D eigenvalue weighted by Crippen LogP contribution is 2.13. The van der Waals surface area contributed by atoms with Gasteiger partial charge in [0.25, 0.3) is 0 Å². The van der Waals surface area contributed by atoms with Crippen molar-refractivity contribution < 1.29 is 4.79 Å². The second-order valence-electron chi connectivity index (χ2n) is 4.58. The summed E-state index contributed by atoms with van der Waals surface area (Å²) in [4.78, 5) is 15.8. The largest absolute Gasteiger partial charge is 0.314 e. The normalized spacial score (nSPS) is 19.5. The first-order chi connectivity index (χ1) is 8.74. The van der Waals surface area contributed by atoms with Crippen LogP contribution in [0, 0.1) is 0 Å². The van der Waals surface area contributed by atoms with Crippen LogP contribution in [-0.2, 0) is 4.79 Å². The Bertz CT molecular complexity index is 405. The van der Waals surface area contributed by atoms with Gasteiger partial charge in [0, 0.05) is 12.5 Å². The van der Waals surface area contributed by atoms with Crippen molar-refractivity contribution in [1.29, 1.82) is 0 Å². The summed E-state index contributed by atoms with van der Waals surface area (Å²) in [6.07, 6.45) is 5.07. The van der Waals surface area contributed by atoms with Gasteiger partial charge in [0.1, 0.15) is 11.0 Å². The van der Waals surface area contributed by atoms with Crippen molar-refractivity contribution in [2.24, 2.45) is 0 Å². The maximum Gasteiger partial charge on any atom is 0.225 e. The van der Waals surface area contributed by atoms with E-state index in [4.69, 9.17) is 11.6 Å². The van der Waals surface area contributed by atoms with Gasteiger partial charge in [0.2, 0.25) is 5.91 Å². The van der Waals surface area contributed by atoms with Crippen LogP contribution in [0.5, 0.6) is 0 Å². The number of anilines is 1. The SMILES string of the molecule is O=C(CCC1CCCCN1)Nc1cccc(Cl)n1. The van der Waals surface area contributed by atoms with Crippen molar-refractivity contribution in [3.63, 3.8) is 0 Å². The molecular formula is C13H18ClN3O. The number of hydrogen-bond donors (Lipinski definition) is 2. The number of amides is 1. The molecule has 0 saturated carbocycles. The standard InChI is InChI=1S/C13H18ClN3O/c14-11-5-3-6-12(16-11)17-13(18)8-7-10-4-1-2-9-15-10/h3,5-6,10,15H,1-2,4,7-9H2,(H,16,17,18). The van der Waals surface area contributed by atoms with E-state index in [0.29, 0.717) is 23.4 Å². The number of piperidine rings is 1. The molecule has 1 aromatic heterocycles. The van der Waals surface area contributed by atoms with E-state index in [0.717, 1.165) is 13.0 Å². The Labute approximate surface area is 112 Å². The Balaban J connectivity index is 1.74. The number of carbonyl (C=O) groups is 1. The smallest absolute Gasteiger partial charge is 0.225 e. The number of carbonyl (C=O) groups excluding carboxylic acids is 1. The maximum absolute atomic E-state index is 11.7. The number of nitrogens with zero attached hydrogens (tertiary/aromatic N) is 1. The molecule has 0 spiro atoms. The van der Waals surface area contributed by atoms with E-state index in [1.54, 1.807) is 18.2 Å². The summed E-state index contributed by atoms with van der Waals surface area (Å²) >= 11 is 5.75. The summed E-state index contributed by atoms with van der Waals surface area (Å²) in [5, 5.41) is 6.58. The van der Waals surface area contributed by atoms with Crippen LogP contribution in [0.4, 0.5) is 5.82 Å². The van der Waals surface area contributed by atoms with Crippen molar-refractivity contribution >= 4 is 23.3 Å². The number of nitrogens with one attached hydrogen (secondary N) is 2. The molecule has 2 heterocycles. The van der Waals surface area contributed by atoms with Gasteiger partial charge >= 0.3 is 0 Å². The molecule has 1 amide bonds. The van der Waals surface area contributed by atoms with Crippen LogP contribution in [-0.4, -0.2) is 23.5 Å². The van der Waals surface area contributed by atoms with Crippen LogP contribution in [0.15, 0.2) is 18.2 Å². The van der Waals surface area contributed by atoms with Crippen LogP contribution in [0.25, 0.3) is 0 Å². The monoisotopic (exact) mass is 267 g/mol. The predicted molar refractivity (Wildman–Crippen MR) is 72.8 cm³/mol. The lowest BCUT2D eigenvalue weighted by Crippen LogP contribution is -2.34. The fourth-order valence-electron chi connectivity index (χ4n) is 2.16. The molecule has 1 unspecified atom stereocenters. The first-order valence-corrected chi connectivity index (χ1v) is 6.77. The van der Waals surface area contributed by atoms with Crippen molar-refractivity contribution in [2.75, 3.05) is 11.9 Å². The minimum Gasteiger partial charge on any atom is -0.314 e. The fourth-order valence-corrected chi connectivity index (χ4v) is 2.32. The molecule has 4 nitrogen and oxygen atoms in total. The summed E-state index contributed by atoms with van der Waals surface area (Å²) in [6, 6.07) is 5.68. The minimum atomic E-state index is -0.00265. The molecule has 0 radical (unpaired) electrons. The van der Waals surface area contributed by atoms with E-state index in [2.05, 4.69) is 15.6 Å². The van der Waals surface area contributed by atoms with E-state index < -0.39 is 0 Å². The second-order valence-corrected chi connectivity index (χ2v) is 4.97. The fraction of sp³-hybridized carbons (Fsp3) is 0.538. The third kappa shape index (κ3) is 4.27. The molecule has 1 aromatic rings. The molecular weight excluding hydrogens is 250 g/mol. The molecule has 0 aromatic carbocycles. The van der Waals surface area contributed by atoms with Crippen molar-refractivity contribution in [1.82, 2.24) is 10.3 Å². The zero-order valence-electron chi connectivity index (χ0n) is 10.3. The second kappa shape index (κ2) is 6.71. The molecule has 18 heavy (non-hydrogen) atoms. The maximum atomic E-state index is 11.7. The molecule has 1 saturated heterocycles. The Morgan fingerprint density at radius 2 is 2.39 bits per heavy atom. The van der Waals surface area contributed by atoms with E-state index in [1.165, 1.54) is 19.3 Å². The number of hydrogen-bond acceptors (Lipinski definition) is 3.